The molecule has 0 aliphatic carbocycles. The van der Waals surface area contributed by atoms with Crippen molar-refractivity contribution in [3.8, 4) is 5.75 Å². The van der Waals surface area contributed by atoms with Crippen molar-refractivity contribution in [2.24, 2.45) is 11.8 Å². The van der Waals surface area contributed by atoms with Crippen LogP contribution in [0.3, 0.4) is 0 Å². The molecule has 0 bridgehead atoms. The molecule has 1 aliphatic rings. The summed E-state index contributed by atoms with van der Waals surface area (Å²) >= 11 is 7.61. The smallest absolute Gasteiger partial charge is 0.268 e. The molecular formula is C26H32ClN3O2S. The van der Waals surface area contributed by atoms with Crippen LogP contribution in [0.2, 0.25) is 5.02 Å². The summed E-state index contributed by atoms with van der Waals surface area (Å²) in [5.74, 6) is 2.17. The number of benzene rings is 2. The van der Waals surface area contributed by atoms with E-state index in [0.29, 0.717) is 17.3 Å². The summed E-state index contributed by atoms with van der Waals surface area (Å²) in [6.07, 6.45) is 2.26. The number of aromatic nitrogens is 1. The van der Waals surface area contributed by atoms with E-state index in [1.807, 2.05) is 42.5 Å². The molecule has 7 heteroatoms. The van der Waals surface area contributed by atoms with Gasteiger partial charge >= 0.3 is 0 Å². The number of likely N-dealkylation sites (tertiary alicyclic amines) is 1. The van der Waals surface area contributed by atoms with Crippen molar-refractivity contribution in [1.29, 1.82) is 0 Å². The number of hydrogen-bond acceptors (Lipinski definition) is 4. The number of rotatable bonds is 8. The zero-order valence-corrected chi connectivity index (χ0v) is 21.1. The fourth-order valence-corrected chi connectivity index (χ4v) is 5.90. The Morgan fingerprint density at radius 1 is 1.18 bits per heavy atom. The highest BCUT2D eigenvalue weighted by Gasteiger charge is 2.22. The summed E-state index contributed by atoms with van der Waals surface area (Å²) in [5.41, 5.74) is 1.46. The highest BCUT2D eigenvalue weighted by atomic mass is 35.5. The zero-order chi connectivity index (χ0) is 23.4. The number of halogens is 1. The third-order valence-electron chi connectivity index (χ3n) is 6.10. The van der Waals surface area contributed by atoms with Crippen molar-refractivity contribution < 1.29 is 9.53 Å². The molecule has 1 fully saturated rings. The first-order chi connectivity index (χ1) is 15.9. The summed E-state index contributed by atoms with van der Waals surface area (Å²) in [6.45, 7) is 8.64. The van der Waals surface area contributed by atoms with Crippen molar-refractivity contribution in [2.75, 3.05) is 33.3 Å². The van der Waals surface area contributed by atoms with E-state index < -0.39 is 0 Å². The van der Waals surface area contributed by atoms with Gasteiger partial charge in [0.1, 0.15) is 11.4 Å². The fraction of sp³-hybridized carbons (Fsp3) is 0.423. The van der Waals surface area contributed by atoms with Gasteiger partial charge in [0.25, 0.3) is 5.91 Å². The number of aromatic amines is 1. The van der Waals surface area contributed by atoms with Crippen molar-refractivity contribution in [2.45, 2.75) is 36.5 Å². The molecule has 176 valence electrons. The van der Waals surface area contributed by atoms with Gasteiger partial charge in [-0.05, 0) is 67.6 Å². The number of piperidine rings is 1. The van der Waals surface area contributed by atoms with Crippen LogP contribution in [0, 0.1) is 11.8 Å². The van der Waals surface area contributed by atoms with Crippen LogP contribution in [0.5, 0.6) is 5.75 Å². The Labute approximate surface area is 205 Å². The van der Waals surface area contributed by atoms with Crippen molar-refractivity contribution in [1.82, 2.24) is 15.2 Å². The van der Waals surface area contributed by atoms with Gasteiger partial charge in [-0.2, -0.15) is 0 Å². The lowest BCUT2D eigenvalue weighted by Crippen LogP contribution is -2.40. The van der Waals surface area contributed by atoms with Crippen molar-refractivity contribution >= 4 is 40.2 Å². The third-order valence-corrected chi connectivity index (χ3v) is 7.49. The zero-order valence-electron chi connectivity index (χ0n) is 19.5. The Hall–Kier alpha value is -2.15. The first kappa shape index (κ1) is 24.0. The normalized spacial score (nSPS) is 19.0. The first-order valence-corrected chi connectivity index (χ1v) is 12.8. The Balaban J connectivity index is 1.46. The van der Waals surface area contributed by atoms with Gasteiger partial charge in [0.05, 0.1) is 17.5 Å². The van der Waals surface area contributed by atoms with E-state index in [9.17, 15) is 4.79 Å². The van der Waals surface area contributed by atoms with Gasteiger partial charge in [-0.1, -0.05) is 37.2 Å². The second kappa shape index (κ2) is 10.9. The van der Waals surface area contributed by atoms with Crippen LogP contribution >= 0.6 is 23.4 Å². The topological polar surface area (TPSA) is 57.4 Å². The number of hydrogen-bond donors (Lipinski definition) is 2. The van der Waals surface area contributed by atoms with Crippen LogP contribution in [-0.2, 0) is 0 Å². The Morgan fingerprint density at radius 3 is 2.61 bits per heavy atom. The van der Waals surface area contributed by atoms with Gasteiger partial charge in [0.2, 0.25) is 0 Å². The van der Waals surface area contributed by atoms with Crippen molar-refractivity contribution in [3.63, 3.8) is 0 Å². The van der Waals surface area contributed by atoms with E-state index in [2.05, 4.69) is 29.0 Å². The van der Waals surface area contributed by atoms with Crippen LogP contribution in [0.4, 0.5) is 0 Å². The molecule has 2 aromatic carbocycles. The average molecular weight is 486 g/mol. The van der Waals surface area contributed by atoms with Crippen LogP contribution in [0.25, 0.3) is 10.9 Å². The van der Waals surface area contributed by atoms with E-state index >= 15 is 0 Å². The van der Waals surface area contributed by atoms with Gasteiger partial charge in [-0.15, -0.1) is 0 Å². The minimum atomic E-state index is -0.0815. The third kappa shape index (κ3) is 6.05. The average Bonchev–Trinajstić information content (AvgIpc) is 3.15. The maximum atomic E-state index is 13.2. The van der Waals surface area contributed by atoms with Crippen LogP contribution < -0.4 is 10.1 Å². The maximum absolute atomic E-state index is 13.2. The molecule has 33 heavy (non-hydrogen) atoms. The number of fused-ring (bicyclic) bond motifs is 1. The number of nitrogens with zero attached hydrogens (tertiary/aromatic N) is 1. The molecule has 0 unspecified atom stereocenters. The Kier molecular flexibility index (Phi) is 7.89. The molecule has 2 atom stereocenters. The lowest BCUT2D eigenvalue weighted by Gasteiger charge is -2.34. The number of ether oxygens (including phenoxy) is 1. The van der Waals surface area contributed by atoms with Crippen LogP contribution in [0.1, 0.15) is 37.2 Å². The Morgan fingerprint density at radius 2 is 1.91 bits per heavy atom. The van der Waals surface area contributed by atoms with Gasteiger partial charge < -0.3 is 19.9 Å². The van der Waals surface area contributed by atoms with Crippen LogP contribution in [0.15, 0.2) is 52.3 Å². The number of carbonyl (C=O) groups excluding carboxylic acids is 1. The lowest BCUT2D eigenvalue weighted by atomic mass is 9.92. The standard InChI is InChI=1S/C26H32ClN3O2S/c1-17-13-18(2)16-30(15-17)12-4-11-28-26(31)24-25(33-21-8-5-19(27)6-9-21)22-10-7-20(32-3)14-23(22)29-24/h5-10,14,17-18,29H,4,11-13,15-16H2,1-3H3,(H,28,31)/t17-,18+. The largest absolute Gasteiger partial charge is 0.497 e. The van der Waals surface area contributed by atoms with E-state index in [-0.39, 0.29) is 5.91 Å². The predicted octanol–water partition coefficient (Wildman–Crippen LogP) is 6.08. The van der Waals surface area contributed by atoms with Crippen molar-refractivity contribution in [3.05, 3.63) is 53.2 Å². The number of H-pyrrole nitrogens is 1. The summed E-state index contributed by atoms with van der Waals surface area (Å²) in [7, 11) is 1.64. The van der Waals surface area contributed by atoms with E-state index in [0.717, 1.165) is 64.3 Å². The van der Waals surface area contributed by atoms with E-state index in [1.165, 1.54) is 6.42 Å². The molecule has 0 radical (unpaired) electrons. The maximum Gasteiger partial charge on any atom is 0.268 e. The molecule has 0 spiro atoms. The number of methoxy groups -OCH3 is 1. The molecule has 1 aromatic heterocycles. The molecule has 1 aliphatic heterocycles. The molecule has 1 saturated heterocycles. The number of amides is 1. The summed E-state index contributed by atoms with van der Waals surface area (Å²) in [6, 6.07) is 13.5. The first-order valence-electron chi connectivity index (χ1n) is 11.6. The van der Waals surface area contributed by atoms with E-state index in [1.54, 1.807) is 18.9 Å². The molecule has 3 aromatic rings. The lowest BCUT2D eigenvalue weighted by molar-refractivity contribution is 0.0940. The highest BCUT2D eigenvalue weighted by Crippen LogP contribution is 2.38. The van der Waals surface area contributed by atoms with Gasteiger partial charge in [-0.25, -0.2) is 0 Å². The summed E-state index contributed by atoms with van der Waals surface area (Å²) < 4.78 is 5.37. The minimum absolute atomic E-state index is 0.0815. The fourth-order valence-electron chi connectivity index (χ4n) is 4.73. The van der Waals surface area contributed by atoms with Gasteiger partial charge in [0.15, 0.2) is 0 Å². The number of nitrogens with one attached hydrogen (secondary N) is 2. The van der Waals surface area contributed by atoms with Crippen LogP contribution in [-0.4, -0.2) is 49.1 Å². The van der Waals surface area contributed by atoms with E-state index in [4.69, 9.17) is 16.3 Å². The summed E-state index contributed by atoms with van der Waals surface area (Å²) in [5, 5.41) is 4.81. The second-order valence-corrected chi connectivity index (χ2v) is 10.6. The van der Waals surface area contributed by atoms with Gasteiger partial charge in [0, 0.05) is 41.0 Å². The molecule has 1 amide bonds. The number of carbonyl (C=O) groups is 1. The molecule has 4 rings (SSSR count). The molecule has 0 saturated carbocycles. The quantitative estimate of drug-likeness (QED) is 0.380. The molecule has 5 nitrogen and oxygen atoms in total. The molecular weight excluding hydrogens is 454 g/mol. The highest BCUT2D eigenvalue weighted by molar-refractivity contribution is 7.99. The summed E-state index contributed by atoms with van der Waals surface area (Å²) in [4.78, 5) is 21.0. The SMILES string of the molecule is COc1ccc2c(Sc3ccc(Cl)cc3)c(C(=O)NCCCN3C[C@H](C)C[C@H](C)C3)[nH]c2c1. The monoisotopic (exact) mass is 485 g/mol. The Bertz CT molecular complexity index is 1090. The second-order valence-electron chi connectivity index (χ2n) is 9.11. The molecule has 2 N–H and O–H groups in total. The predicted molar refractivity (Wildman–Crippen MR) is 137 cm³/mol. The van der Waals surface area contributed by atoms with Gasteiger partial charge in [-0.3, -0.25) is 4.79 Å². The molecule has 2 heterocycles. The minimum Gasteiger partial charge on any atom is -0.497 e.